The van der Waals surface area contributed by atoms with Crippen molar-refractivity contribution in [1.82, 2.24) is 15.1 Å². The summed E-state index contributed by atoms with van der Waals surface area (Å²) in [5, 5.41) is 17.7. The highest BCUT2D eigenvalue weighted by atomic mass is 16.6. The first kappa shape index (κ1) is 35.0. The van der Waals surface area contributed by atoms with Gasteiger partial charge < -0.3 is 24.6 Å². The number of nitrogens with zero attached hydrogens (tertiary/aromatic N) is 2. The highest BCUT2D eigenvalue weighted by Crippen LogP contribution is 2.59. The van der Waals surface area contributed by atoms with Crippen LogP contribution in [0.3, 0.4) is 0 Å². The largest absolute Gasteiger partial charge is 0.496 e. The molecule has 0 spiro atoms. The van der Waals surface area contributed by atoms with Gasteiger partial charge in [0.2, 0.25) is 0 Å². The van der Waals surface area contributed by atoms with E-state index in [1.54, 1.807) is 20.3 Å². The van der Waals surface area contributed by atoms with E-state index in [1.165, 1.54) is 12.0 Å². The van der Waals surface area contributed by atoms with Crippen LogP contribution in [0.15, 0.2) is 42.5 Å². The molecule has 9 heteroatoms. The highest BCUT2D eigenvalue weighted by molar-refractivity contribution is 5.98. The number of methoxy groups -OCH3 is 2. The molecule has 2 N–H and O–H groups in total. The summed E-state index contributed by atoms with van der Waals surface area (Å²) >= 11 is 0. The first-order valence-corrected chi connectivity index (χ1v) is 18.0. The van der Waals surface area contributed by atoms with E-state index < -0.39 is 11.1 Å². The molecule has 4 saturated carbocycles. The number of nitrogens with one attached hydrogen (secondary N) is 1. The quantitative estimate of drug-likeness (QED) is 0.154. The first-order valence-electron chi connectivity index (χ1n) is 18.0. The van der Waals surface area contributed by atoms with E-state index >= 15 is 0 Å². The van der Waals surface area contributed by atoms with Crippen LogP contribution in [0.5, 0.6) is 11.5 Å². The lowest BCUT2D eigenvalue weighted by atomic mass is 9.48. The van der Waals surface area contributed by atoms with Crippen molar-refractivity contribution < 1.29 is 28.9 Å². The van der Waals surface area contributed by atoms with Gasteiger partial charge in [-0.1, -0.05) is 32.0 Å². The average Bonchev–Trinajstić information content (AvgIpc) is 3.50. The molecule has 1 amide bonds. The zero-order chi connectivity index (χ0) is 35.1. The lowest BCUT2D eigenvalue weighted by Gasteiger charge is -2.59. The molecule has 0 aliphatic heterocycles. The number of aliphatic hydroxyl groups is 1. The molecule has 1 heterocycles. The number of carbonyl (C=O) groups is 2. The van der Waals surface area contributed by atoms with Gasteiger partial charge in [-0.05, 0) is 137 Å². The van der Waals surface area contributed by atoms with Crippen molar-refractivity contribution >= 4 is 11.9 Å². The van der Waals surface area contributed by atoms with Crippen LogP contribution < -0.4 is 14.8 Å². The molecule has 4 fully saturated rings. The molecular formula is C40H53N3O6. The minimum Gasteiger partial charge on any atom is -0.496 e. The van der Waals surface area contributed by atoms with E-state index in [9.17, 15) is 14.7 Å². The molecule has 1 aromatic heterocycles. The van der Waals surface area contributed by atoms with Crippen molar-refractivity contribution in [3.05, 3.63) is 59.3 Å². The van der Waals surface area contributed by atoms with E-state index in [2.05, 4.69) is 37.4 Å². The number of benzene rings is 2. The topological polar surface area (TPSA) is 112 Å². The Morgan fingerprint density at radius 2 is 1.59 bits per heavy atom. The third-order valence-electron chi connectivity index (χ3n) is 10.9. The van der Waals surface area contributed by atoms with Gasteiger partial charge in [-0.2, -0.15) is 5.10 Å². The maximum Gasteiger partial charge on any atom is 0.332 e. The zero-order valence-corrected chi connectivity index (χ0v) is 30.2. The third kappa shape index (κ3) is 6.71. The van der Waals surface area contributed by atoms with Crippen LogP contribution >= 0.6 is 0 Å². The normalized spacial score (nSPS) is 24.3. The van der Waals surface area contributed by atoms with Crippen LogP contribution in [0.25, 0.3) is 16.9 Å². The maximum atomic E-state index is 14.6. The van der Waals surface area contributed by atoms with E-state index in [0.29, 0.717) is 34.6 Å². The van der Waals surface area contributed by atoms with Crippen LogP contribution in [0.4, 0.5) is 0 Å². The number of hydrogen-bond donors (Lipinski definition) is 2. The summed E-state index contributed by atoms with van der Waals surface area (Å²) in [4.78, 5) is 28.8. The number of hydrogen-bond acceptors (Lipinski definition) is 7. The van der Waals surface area contributed by atoms with Crippen LogP contribution in [0.1, 0.15) is 107 Å². The van der Waals surface area contributed by atoms with E-state index in [-0.39, 0.29) is 41.9 Å². The van der Waals surface area contributed by atoms with Crippen LogP contribution in [-0.2, 0) is 16.0 Å². The zero-order valence-electron chi connectivity index (χ0n) is 30.2. The van der Waals surface area contributed by atoms with Gasteiger partial charge in [0.15, 0.2) is 5.69 Å². The predicted molar refractivity (Wildman–Crippen MR) is 189 cm³/mol. The second-order valence-electron chi connectivity index (χ2n) is 15.7. The monoisotopic (exact) mass is 671 g/mol. The number of aromatic nitrogens is 2. The van der Waals surface area contributed by atoms with Gasteiger partial charge in [0.1, 0.15) is 22.6 Å². The van der Waals surface area contributed by atoms with E-state index in [0.717, 1.165) is 56.2 Å². The average molecular weight is 672 g/mol. The summed E-state index contributed by atoms with van der Waals surface area (Å²) in [6.45, 7) is 10.1. The number of unbranched alkanes of at least 4 members (excludes halogenated alkanes) is 1. The van der Waals surface area contributed by atoms with Crippen molar-refractivity contribution in [2.75, 3.05) is 20.8 Å². The molecule has 49 heavy (non-hydrogen) atoms. The molecule has 4 bridgehead atoms. The standard InChI is InChI=1S/C40H53N3O6/c1-24(2)30-22-25(11-8-9-16-44)14-15-32(30)43-33(36-34(47-6)12-10-13-35(36)48-7)23-31(42-43)37(45)41-40(38(46)49-39(3,4)5)28-18-26-17-27(20-28)21-29(40)19-26/h10,12-15,22-24,26-29,44H,8-9,11,16-21H2,1-7H3,(H,41,45). The molecular weight excluding hydrogens is 618 g/mol. The molecule has 4 aliphatic carbocycles. The van der Waals surface area contributed by atoms with Crippen LogP contribution in [0, 0.1) is 23.7 Å². The van der Waals surface area contributed by atoms with E-state index in [1.807, 2.05) is 43.7 Å². The summed E-state index contributed by atoms with van der Waals surface area (Å²) in [6.07, 6.45) is 7.42. The number of amides is 1. The molecule has 3 aromatic rings. The van der Waals surface area contributed by atoms with Gasteiger partial charge in [-0.3, -0.25) is 4.79 Å². The molecule has 264 valence electrons. The highest BCUT2D eigenvalue weighted by Gasteiger charge is 2.63. The fourth-order valence-electron chi connectivity index (χ4n) is 8.94. The minimum absolute atomic E-state index is 0.0318. The number of esters is 1. The van der Waals surface area contributed by atoms with Crippen LogP contribution in [0.2, 0.25) is 0 Å². The van der Waals surface area contributed by atoms with Gasteiger partial charge in [0.05, 0.1) is 31.2 Å². The summed E-state index contributed by atoms with van der Waals surface area (Å²) in [5.41, 5.74) is 2.87. The molecule has 0 radical (unpaired) electrons. The van der Waals surface area contributed by atoms with Crippen molar-refractivity contribution in [3.8, 4) is 28.4 Å². The molecule has 0 saturated heterocycles. The number of aliphatic hydroxyl groups excluding tert-OH is 1. The Bertz CT molecular complexity index is 1640. The SMILES string of the molecule is COc1cccc(OC)c1-c1cc(C(=O)NC2(C(=O)OC(C)(C)C)C3CC4CC(C3)CC2C4)nn1-c1ccc(CCCCO)cc1C(C)C. The second-order valence-corrected chi connectivity index (χ2v) is 15.7. The van der Waals surface area contributed by atoms with Gasteiger partial charge in [-0.15, -0.1) is 0 Å². The number of rotatable bonds is 12. The lowest BCUT2D eigenvalue weighted by molar-refractivity contribution is -0.180. The molecule has 4 aliphatic rings. The Kier molecular flexibility index (Phi) is 9.86. The molecule has 7 rings (SSSR count). The Hall–Kier alpha value is -3.85. The predicted octanol–water partition coefficient (Wildman–Crippen LogP) is 7.26. The minimum atomic E-state index is -1.09. The third-order valence-corrected chi connectivity index (χ3v) is 10.9. The molecule has 2 aromatic carbocycles. The Balaban J connectivity index is 1.47. The lowest BCUT2D eigenvalue weighted by Crippen LogP contribution is -2.71. The number of carbonyl (C=O) groups excluding carboxylic acids is 2. The van der Waals surface area contributed by atoms with Crippen molar-refractivity contribution in [1.29, 1.82) is 0 Å². The van der Waals surface area contributed by atoms with Gasteiger partial charge in [0, 0.05) is 6.61 Å². The second kappa shape index (κ2) is 13.8. The molecule has 9 nitrogen and oxygen atoms in total. The Morgan fingerprint density at radius 3 is 2.14 bits per heavy atom. The number of aryl methyl sites for hydroxylation is 1. The first-order chi connectivity index (χ1) is 23.4. The van der Waals surface area contributed by atoms with Crippen molar-refractivity contribution in [3.63, 3.8) is 0 Å². The van der Waals surface area contributed by atoms with Crippen LogP contribution in [-0.4, -0.2) is 58.7 Å². The van der Waals surface area contributed by atoms with Gasteiger partial charge >= 0.3 is 5.97 Å². The Morgan fingerprint density at radius 1 is 0.959 bits per heavy atom. The smallest absolute Gasteiger partial charge is 0.332 e. The summed E-state index contributed by atoms with van der Waals surface area (Å²) < 4.78 is 19.6. The molecule has 0 unspecified atom stereocenters. The summed E-state index contributed by atoms with van der Waals surface area (Å²) in [5.74, 6) is 1.88. The maximum absolute atomic E-state index is 14.6. The Labute approximate surface area is 290 Å². The molecule has 0 atom stereocenters. The summed E-state index contributed by atoms with van der Waals surface area (Å²) in [7, 11) is 3.23. The van der Waals surface area contributed by atoms with E-state index in [4.69, 9.17) is 19.3 Å². The fourth-order valence-corrected chi connectivity index (χ4v) is 8.94. The number of ether oxygens (including phenoxy) is 3. The van der Waals surface area contributed by atoms with Gasteiger partial charge in [-0.25, -0.2) is 9.48 Å². The van der Waals surface area contributed by atoms with Crippen molar-refractivity contribution in [2.24, 2.45) is 23.7 Å². The van der Waals surface area contributed by atoms with Crippen molar-refractivity contribution in [2.45, 2.75) is 103 Å². The van der Waals surface area contributed by atoms with Gasteiger partial charge in [0.25, 0.3) is 5.91 Å². The fraction of sp³-hybridized carbons (Fsp3) is 0.575. The summed E-state index contributed by atoms with van der Waals surface area (Å²) in [6, 6.07) is 13.7.